The number of carbonyl (C=O) groups excluding carboxylic acids is 1. The number of carbonyl (C=O) groups is 1. The number of benzene rings is 1. The van der Waals surface area contributed by atoms with Gasteiger partial charge in [0.05, 0.1) is 0 Å². The van der Waals surface area contributed by atoms with E-state index in [4.69, 9.17) is 5.73 Å². The first-order valence-corrected chi connectivity index (χ1v) is 7.62. The first-order valence-electron chi connectivity index (χ1n) is 7.62. The topological polar surface area (TPSA) is 58.7 Å². The maximum absolute atomic E-state index is 12.0. The van der Waals surface area contributed by atoms with Gasteiger partial charge in [-0.3, -0.25) is 0 Å². The highest BCUT2D eigenvalue weighted by Gasteiger charge is 2.34. The zero-order chi connectivity index (χ0) is 15.6. The molecule has 0 aromatic heterocycles. The summed E-state index contributed by atoms with van der Waals surface area (Å²) in [6.07, 6.45) is 1.06. The van der Waals surface area contributed by atoms with Crippen molar-refractivity contribution in [2.45, 2.75) is 40.2 Å². The van der Waals surface area contributed by atoms with Crippen LogP contribution in [-0.4, -0.2) is 23.3 Å². The molecule has 1 heterocycles. The van der Waals surface area contributed by atoms with E-state index in [1.165, 1.54) is 5.56 Å². The quantitative estimate of drug-likeness (QED) is 0.902. The summed E-state index contributed by atoms with van der Waals surface area (Å²) >= 11 is 0. The standard InChI is InChI=1S/C17H25N3O/c1-11(2)9-13-5-7-14(8-6-13)15-16(18)19-17(21)20(15)10-12(3)4/h5-8,11-12,15H,9-10H2,1-4H3,(H2,18,19,21). The third-order valence-corrected chi connectivity index (χ3v) is 3.56. The van der Waals surface area contributed by atoms with Crippen LogP contribution in [0.1, 0.15) is 44.9 Å². The predicted molar refractivity (Wildman–Crippen MR) is 86.3 cm³/mol. The lowest BCUT2D eigenvalue weighted by atomic mass is 9.98. The highest BCUT2D eigenvalue weighted by Crippen LogP contribution is 2.28. The second-order valence-electron chi connectivity index (χ2n) is 6.61. The summed E-state index contributed by atoms with van der Waals surface area (Å²) in [5.41, 5.74) is 8.32. The number of aliphatic imine (C=N–C) groups is 1. The Morgan fingerprint density at radius 2 is 1.76 bits per heavy atom. The van der Waals surface area contributed by atoms with Gasteiger partial charge in [-0.1, -0.05) is 52.0 Å². The van der Waals surface area contributed by atoms with E-state index < -0.39 is 0 Å². The van der Waals surface area contributed by atoms with Gasteiger partial charge in [0.15, 0.2) is 0 Å². The van der Waals surface area contributed by atoms with Gasteiger partial charge in [-0.25, -0.2) is 4.79 Å². The number of amidine groups is 1. The van der Waals surface area contributed by atoms with Crippen molar-refractivity contribution in [3.63, 3.8) is 0 Å². The van der Waals surface area contributed by atoms with Crippen LogP contribution in [0, 0.1) is 11.8 Å². The van der Waals surface area contributed by atoms with Crippen LogP contribution in [0.3, 0.4) is 0 Å². The highest BCUT2D eigenvalue weighted by molar-refractivity contribution is 6.03. The molecular formula is C17H25N3O. The fourth-order valence-electron chi connectivity index (χ4n) is 2.74. The fraction of sp³-hybridized carbons (Fsp3) is 0.529. The van der Waals surface area contributed by atoms with E-state index in [0.29, 0.717) is 24.2 Å². The van der Waals surface area contributed by atoms with Crippen LogP contribution in [-0.2, 0) is 6.42 Å². The number of nitrogens with two attached hydrogens (primary N) is 1. The molecule has 21 heavy (non-hydrogen) atoms. The lowest BCUT2D eigenvalue weighted by Crippen LogP contribution is -2.35. The van der Waals surface area contributed by atoms with Gasteiger partial charge in [-0.15, -0.1) is 0 Å². The molecule has 4 heteroatoms. The van der Waals surface area contributed by atoms with Crippen molar-refractivity contribution >= 4 is 11.9 Å². The van der Waals surface area contributed by atoms with Gasteiger partial charge in [-0.05, 0) is 29.4 Å². The Morgan fingerprint density at radius 1 is 1.14 bits per heavy atom. The Balaban J connectivity index is 2.22. The van der Waals surface area contributed by atoms with Crippen LogP contribution in [0.5, 0.6) is 0 Å². The first kappa shape index (κ1) is 15.5. The van der Waals surface area contributed by atoms with E-state index in [1.807, 2.05) is 0 Å². The van der Waals surface area contributed by atoms with Crippen molar-refractivity contribution in [3.05, 3.63) is 35.4 Å². The Morgan fingerprint density at radius 3 is 2.29 bits per heavy atom. The molecule has 0 radical (unpaired) electrons. The summed E-state index contributed by atoms with van der Waals surface area (Å²) in [6.45, 7) is 9.26. The van der Waals surface area contributed by atoms with E-state index in [0.717, 1.165) is 12.0 Å². The average molecular weight is 287 g/mol. The molecule has 1 atom stereocenters. The van der Waals surface area contributed by atoms with Crippen molar-refractivity contribution < 1.29 is 4.79 Å². The zero-order valence-corrected chi connectivity index (χ0v) is 13.3. The normalized spacial score (nSPS) is 18.8. The molecule has 1 aromatic rings. The summed E-state index contributed by atoms with van der Waals surface area (Å²) in [6, 6.07) is 7.94. The minimum absolute atomic E-state index is 0.215. The summed E-state index contributed by atoms with van der Waals surface area (Å²) in [5.74, 6) is 1.42. The maximum Gasteiger partial charge on any atom is 0.346 e. The Kier molecular flexibility index (Phi) is 4.66. The Bertz CT molecular complexity index is 531. The van der Waals surface area contributed by atoms with Crippen LogP contribution in [0.25, 0.3) is 0 Å². The predicted octanol–water partition coefficient (Wildman–Crippen LogP) is 3.38. The third kappa shape index (κ3) is 3.63. The van der Waals surface area contributed by atoms with Gasteiger partial charge in [0.2, 0.25) is 0 Å². The molecule has 114 valence electrons. The number of hydrogen-bond acceptors (Lipinski definition) is 2. The molecule has 0 spiro atoms. The second kappa shape index (κ2) is 6.29. The first-order chi connectivity index (χ1) is 9.88. The molecule has 1 unspecified atom stereocenters. The summed E-state index contributed by atoms with van der Waals surface area (Å²) in [5, 5.41) is 0. The SMILES string of the molecule is CC(C)Cc1ccc(C2C(N)=NC(=O)N2CC(C)C)cc1. The molecule has 1 aliphatic heterocycles. The van der Waals surface area contributed by atoms with Crippen LogP contribution < -0.4 is 5.73 Å². The minimum Gasteiger partial charge on any atom is -0.385 e. The van der Waals surface area contributed by atoms with Crippen molar-refractivity contribution in [1.82, 2.24) is 4.90 Å². The summed E-state index contributed by atoms with van der Waals surface area (Å²) < 4.78 is 0. The third-order valence-electron chi connectivity index (χ3n) is 3.56. The Hall–Kier alpha value is -1.84. The molecule has 0 aliphatic carbocycles. The monoisotopic (exact) mass is 287 g/mol. The molecule has 2 rings (SSSR count). The zero-order valence-electron chi connectivity index (χ0n) is 13.3. The molecule has 1 aromatic carbocycles. The number of nitrogens with zero attached hydrogens (tertiary/aromatic N) is 2. The van der Waals surface area contributed by atoms with E-state index in [2.05, 4.69) is 57.0 Å². The number of hydrogen-bond donors (Lipinski definition) is 1. The van der Waals surface area contributed by atoms with E-state index in [9.17, 15) is 4.79 Å². The van der Waals surface area contributed by atoms with Gasteiger partial charge in [0, 0.05) is 6.54 Å². The van der Waals surface area contributed by atoms with Gasteiger partial charge in [0.1, 0.15) is 11.9 Å². The maximum atomic E-state index is 12.0. The van der Waals surface area contributed by atoms with Crippen molar-refractivity contribution in [2.24, 2.45) is 22.6 Å². The molecule has 0 fully saturated rings. The van der Waals surface area contributed by atoms with E-state index in [1.54, 1.807) is 4.90 Å². The summed E-state index contributed by atoms with van der Waals surface area (Å²) in [4.78, 5) is 17.7. The van der Waals surface area contributed by atoms with E-state index >= 15 is 0 Å². The van der Waals surface area contributed by atoms with Gasteiger partial charge in [-0.2, -0.15) is 4.99 Å². The van der Waals surface area contributed by atoms with Gasteiger partial charge >= 0.3 is 6.03 Å². The average Bonchev–Trinajstić information content (AvgIpc) is 2.64. The molecule has 0 bridgehead atoms. The number of rotatable bonds is 5. The van der Waals surface area contributed by atoms with Gasteiger partial charge in [0.25, 0.3) is 0 Å². The number of amides is 2. The molecule has 0 saturated carbocycles. The molecule has 1 aliphatic rings. The molecule has 0 saturated heterocycles. The van der Waals surface area contributed by atoms with Gasteiger partial charge < -0.3 is 10.6 Å². The smallest absolute Gasteiger partial charge is 0.346 e. The van der Waals surface area contributed by atoms with Crippen LogP contribution in [0.2, 0.25) is 0 Å². The van der Waals surface area contributed by atoms with Crippen LogP contribution >= 0.6 is 0 Å². The fourth-order valence-corrected chi connectivity index (χ4v) is 2.74. The van der Waals surface area contributed by atoms with Crippen molar-refractivity contribution in [3.8, 4) is 0 Å². The van der Waals surface area contributed by atoms with Crippen LogP contribution in [0.4, 0.5) is 4.79 Å². The minimum atomic E-state index is -0.225. The van der Waals surface area contributed by atoms with Crippen molar-refractivity contribution in [2.75, 3.05) is 6.54 Å². The number of urea groups is 1. The molecule has 4 nitrogen and oxygen atoms in total. The van der Waals surface area contributed by atoms with Crippen molar-refractivity contribution in [1.29, 1.82) is 0 Å². The van der Waals surface area contributed by atoms with Crippen LogP contribution in [0.15, 0.2) is 29.3 Å². The molecular weight excluding hydrogens is 262 g/mol. The second-order valence-corrected chi connectivity index (χ2v) is 6.61. The molecule has 2 N–H and O–H groups in total. The lowest BCUT2D eigenvalue weighted by molar-refractivity contribution is 0.199. The van der Waals surface area contributed by atoms with E-state index in [-0.39, 0.29) is 12.1 Å². The highest BCUT2D eigenvalue weighted by atomic mass is 16.2. The largest absolute Gasteiger partial charge is 0.385 e. The molecule has 2 amide bonds. The lowest BCUT2D eigenvalue weighted by Gasteiger charge is -2.26. The summed E-state index contributed by atoms with van der Waals surface area (Å²) in [7, 11) is 0. The Labute approximate surface area is 127 Å².